The molecule has 0 saturated carbocycles. The van der Waals surface area contributed by atoms with Gasteiger partial charge in [-0.3, -0.25) is 9.59 Å². The number of hydrogen-bond donors (Lipinski definition) is 2. The number of benzene rings is 1. The maximum Gasteiger partial charge on any atom is 0.323 e. The smallest absolute Gasteiger partial charge is 0.323 e. The van der Waals surface area contributed by atoms with E-state index in [0.29, 0.717) is 19.3 Å². The Hall–Kier alpha value is -2.14. The summed E-state index contributed by atoms with van der Waals surface area (Å²) in [6.45, 7) is 0.0893. The molecular formula is C16H20N2O3. The Balaban J connectivity index is 2.13. The van der Waals surface area contributed by atoms with Crippen LogP contribution in [0.1, 0.15) is 30.9 Å². The third-order valence-corrected chi connectivity index (χ3v) is 3.33. The minimum Gasteiger partial charge on any atom is -0.462 e. The molecule has 0 unspecified atom stereocenters. The molecule has 5 nitrogen and oxygen atoms in total. The summed E-state index contributed by atoms with van der Waals surface area (Å²) in [5.74, 6) is -0.509. The summed E-state index contributed by atoms with van der Waals surface area (Å²) in [7, 11) is 0. The lowest BCUT2D eigenvalue weighted by molar-refractivity contribution is -0.146. The van der Waals surface area contributed by atoms with Crippen LogP contribution in [0.2, 0.25) is 0 Å². The van der Waals surface area contributed by atoms with Gasteiger partial charge >= 0.3 is 5.97 Å². The maximum atomic E-state index is 11.9. The molecule has 1 aromatic rings. The summed E-state index contributed by atoms with van der Waals surface area (Å²) in [5, 5.41) is 2.90. The lowest BCUT2D eigenvalue weighted by atomic mass is 10.1. The zero-order valence-corrected chi connectivity index (χ0v) is 11.8. The van der Waals surface area contributed by atoms with Gasteiger partial charge < -0.3 is 15.8 Å². The maximum absolute atomic E-state index is 11.9. The van der Waals surface area contributed by atoms with Gasteiger partial charge in [0.1, 0.15) is 12.6 Å². The Labute approximate surface area is 124 Å². The number of carbonyl (C=O) groups is 2. The number of amides is 1. The fourth-order valence-electron chi connectivity index (χ4n) is 2.12. The summed E-state index contributed by atoms with van der Waals surface area (Å²) in [6.07, 6.45) is 5.15. The van der Waals surface area contributed by atoms with Crippen LogP contribution >= 0.6 is 0 Å². The molecule has 5 heteroatoms. The Morgan fingerprint density at radius 3 is 2.67 bits per heavy atom. The third-order valence-electron chi connectivity index (χ3n) is 3.33. The summed E-state index contributed by atoms with van der Waals surface area (Å²) >= 11 is 0. The van der Waals surface area contributed by atoms with E-state index in [4.69, 9.17) is 10.5 Å². The summed E-state index contributed by atoms with van der Waals surface area (Å²) in [6, 6.07) is 8.44. The standard InChI is InChI=1S/C16H20N2O3/c17-13-9-5-2-6-10-15(19)18-14(11-21-16(13)20)12-7-3-1-4-8-12/h1-5,7-8,13-14H,6,9-11,17H2,(H,18,19)/b5-2-/t13-,14-/m0/s1. The summed E-state index contributed by atoms with van der Waals surface area (Å²) in [5.41, 5.74) is 6.66. The highest BCUT2D eigenvalue weighted by molar-refractivity contribution is 5.77. The van der Waals surface area contributed by atoms with E-state index in [-0.39, 0.29) is 18.6 Å². The van der Waals surface area contributed by atoms with Crippen molar-refractivity contribution in [3.8, 4) is 0 Å². The second-order valence-electron chi connectivity index (χ2n) is 5.01. The summed E-state index contributed by atoms with van der Waals surface area (Å²) in [4.78, 5) is 23.7. The van der Waals surface area contributed by atoms with Crippen LogP contribution < -0.4 is 11.1 Å². The van der Waals surface area contributed by atoms with Gasteiger partial charge in [0.25, 0.3) is 0 Å². The van der Waals surface area contributed by atoms with E-state index in [1.54, 1.807) is 0 Å². The predicted molar refractivity (Wildman–Crippen MR) is 79.3 cm³/mol. The monoisotopic (exact) mass is 288 g/mol. The van der Waals surface area contributed by atoms with Crippen molar-refractivity contribution in [2.24, 2.45) is 5.73 Å². The van der Waals surface area contributed by atoms with Crippen LogP contribution in [-0.4, -0.2) is 24.5 Å². The van der Waals surface area contributed by atoms with Gasteiger partial charge in [0.05, 0.1) is 6.04 Å². The molecule has 0 spiro atoms. The lowest BCUT2D eigenvalue weighted by Crippen LogP contribution is -2.36. The van der Waals surface area contributed by atoms with Crippen molar-refractivity contribution >= 4 is 11.9 Å². The number of hydrogen-bond acceptors (Lipinski definition) is 4. The number of nitrogens with one attached hydrogen (secondary N) is 1. The normalized spacial score (nSPS) is 26.0. The first-order chi connectivity index (χ1) is 10.2. The van der Waals surface area contributed by atoms with Crippen LogP contribution in [0.3, 0.4) is 0 Å². The van der Waals surface area contributed by atoms with E-state index in [9.17, 15) is 9.59 Å². The molecule has 1 aliphatic rings. The first kappa shape index (κ1) is 15.3. The molecule has 0 aliphatic carbocycles. The van der Waals surface area contributed by atoms with Crippen LogP contribution in [0.4, 0.5) is 0 Å². The first-order valence-corrected chi connectivity index (χ1v) is 7.08. The van der Waals surface area contributed by atoms with Crippen LogP contribution in [0.5, 0.6) is 0 Å². The molecule has 2 atom stereocenters. The number of cyclic esters (lactones) is 1. The molecule has 1 heterocycles. The van der Waals surface area contributed by atoms with Crippen molar-refractivity contribution in [1.29, 1.82) is 0 Å². The highest BCUT2D eigenvalue weighted by Gasteiger charge is 2.20. The number of ether oxygens (including phenoxy) is 1. The van der Waals surface area contributed by atoms with Gasteiger partial charge in [-0.2, -0.15) is 0 Å². The average Bonchev–Trinajstić information content (AvgIpc) is 2.50. The van der Waals surface area contributed by atoms with E-state index in [1.807, 2.05) is 42.5 Å². The minimum atomic E-state index is -0.659. The molecule has 1 amide bonds. The number of nitrogens with two attached hydrogens (primary N) is 1. The van der Waals surface area contributed by atoms with Crippen molar-refractivity contribution in [3.05, 3.63) is 48.0 Å². The fourth-order valence-corrected chi connectivity index (χ4v) is 2.12. The van der Waals surface area contributed by atoms with Crippen LogP contribution in [0.25, 0.3) is 0 Å². The molecule has 0 fully saturated rings. The van der Waals surface area contributed by atoms with E-state index in [1.165, 1.54) is 0 Å². The Morgan fingerprint density at radius 1 is 1.14 bits per heavy atom. The molecule has 0 radical (unpaired) electrons. The van der Waals surface area contributed by atoms with Crippen molar-refractivity contribution in [2.45, 2.75) is 31.3 Å². The number of carbonyl (C=O) groups excluding carboxylic acids is 2. The SMILES string of the molecule is N[C@H]1C/C=C\CCC(=O)N[C@H](c2ccccc2)COC1=O. The molecule has 2 rings (SSSR count). The first-order valence-electron chi connectivity index (χ1n) is 7.08. The van der Waals surface area contributed by atoms with E-state index in [2.05, 4.69) is 5.32 Å². The van der Waals surface area contributed by atoms with Gasteiger partial charge in [-0.05, 0) is 18.4 Å². The predicted octanol–water partition coefficient (Wildman–Crippen LogP) is 1.45. The van der Waals surface area contributed by atoms with Crippen molar-refractivity contribution in [1.82, 2.24) is 5.32 Å². The molecule has 0 saturated heterocycles. The number of rotatable bonds is 1. The average molecular weight is 288 g/mol. The molecule has 1 aliphatic heterocycles. The van der Waals surface area contributed by atoms with Gasteiger partial charge in [-0.25, -0.2) is 0 Å². The van der Waals surface area contributed by atoms with Crippen molar-refractivity contribution in [2.75, 3.05) is 6.61 Å². The molecule has 0 aromatic heterocycles. The number of esters is 1. The van der Waals surface area contributed by atoms with Gasteiger partial charge in [-0.15, -0.1) is 0 Å². The molecular weight excluding hydrogens is 268 g/mol. The van der Waals surface area contributed by atoms with E-state index >= 15 is 0 Å². The Kier molecular flexibility index (Phi) is 5.51. The molecule has 1 aromatic carbocycles. The van der Waals surface area contributed by atoms with Crippen molar-refractivity contribution in [3.63, 3.8) is 0 Å². The van der Waals surface area contributed by atoms with Gasteiger partial charge in [0.15, 0.2) is 0 Å². The zero-order valence-electron chi connectivity index (χ0n) is 11.8. The van der Waals surface area contributed by atoms with Crippen LogP contribution in [-0.2, 0) is 14.3 Å². The quantitative estimate of drug-likeness (QED) is 0.605. The van der Waals surface area contributed by atoms with E-state index < -0.39 is 12.0 Å². The summed E-state index contributed by atoms with van der Waals surface area (Å²) < 4.78 is 5.23. The zero-order chi connectivity index (χ0) is 15.1. The second kappa shape index (κ2) is 7.59. The molecule has 0 bridgehead atoms. The highest BCUT2D eigenvalue weighted by Crippen LogP contribution is 2.14. The van der Waals surface area contributed by atoms with Crippen LogP contribution in [0.15, 0.2) is 42.5 Å². The van der Waals surface area contributed by atoms with Crippen molar-refractivity contribution < 1.29 is 14.3 Å². The Morgan fingerprint density at radius 2 is 1.90 bits per heavy atom. The second-order valence-corrected chi connectivity index (χ2v) is 5.01. The van der Waals surface area contributed by atoms with Crippen LogP contribution in [0, 0.1) is 0 Å². The minimum absolute atomic E-state index is 0.0607. The van der Waals surface area contributed by atoms with Gasteiger partial charge in [0, 0.05) is 6.42 Å². The molecule has 112 valence electrons. The number of allylic oxidation sites excluding steroid dienone is 1. The highest BCUT2D eigenvalue weighted by atomic mass is 16.5. The van der Waals surface area contributed by atoms with E-state index in [0.717, 1.165) is 5.56 Å². The van der Waals surface area contributed by atoms with Gasteiger partial charge in [0.2, 0.25) is 5.91 Å². The topological polar surface area (TPSA) is 81.4 Å². The molecule has 21 heavy (non-hydrogen) atoms. The third kappa shape index (κ3) is 4.72. The molecule has 3 N–H and O–H groups in total. The Bertz CT molecular complexity index is 514. The fraction of sp³-hybridized carbons (Fsp3) is 0.375. The van der Waals surface area contributed by atoms with Gasteiger partial charge in [-0.1, -0.05) is 42.5 Å². The largest absolute Gasteiger partial charge is 0.462 e. The lowest BCUT2D eigenvalue weighted by Gasteiger charge is -2.20.